The summed E-state index contributed by atoms with van der Waals surface area (Å²) in [5.74, 6) is 0. The molecule has 0 bridgehead atoms. The van der Waals surface area contributed by atoms with E-state index in [4.69, 9.17) is 4.74 Å². The van der Waals surface area contributed by atoms with Gasteiger partial charge in [0, 0.05) is 24.9 Å². The van der Waals surface area contributed by atoms with E-state index < -0.39 is 4.92 Å². The largest absolute Gasteiger partial charge is 0.383 e. The third-order valence-electron chi connectivity index (χ3n) is 2.38. The predicted octanol–water partition coefficient (Wildman–Crippen LogP) is 3.19. The highest BCUT2D eigenvalue weighted by atomic mass is 79.9. The molecule has 0 aliphatic heterocycles. The molecule has 0 aliphatic carbocycles. The van der Waals surface area contributed by atoms with Gasteiger partial charge in [-0.05, 0) is 34.5 Å². The number of halogens is 1. The molecule has 0 radical (unpaired) electrons. The van der Waals surface area contributed by atoms with E-state index in [0.29, 0.717) is 11.1 Å². The minimum absolute atomic E-state index is 0.0651. The van der Waals surface area contributed by atoms with Gasteiger partial charge in [0.25, 0.3) is 5.69 Å². The van der Waals surface area contributed by atoms with Crippen molar-refractivity contribution in [3.63, 3.8) is 0 Å². The van der Waals surface area contributed by atoms with Crippen LogP contribution in [-0.4, -0.2) is 24.7 Å². The summed E-state index contributed by atoms with van der Waals surface area (Å²) >= 11 is 3.19. The van der Waals surface area contributed by atoms with Crippen molar-refractivity contribution in [3.8, 4) is 0 Å². The van der Waals surface area contributed by atoms with Crippen LogP contribution < -0.4 is 5.32 Å². The van der Waals surface area contributed by atoms with Gasteiger partial charge >= 0.3 is 0 Å². The van der Waals surface area contributed by atoms with Gasteiger partial charge < -0.3 is 10.1 Å². The number of nitro groups is 1. The zero-order chi connectivity index (χ0) is 12.8. The van der Waals surface area contributed by atoms with Gasteiger partial charge in [0.05, 0.1) is 16.0 Å². The first-order valence-electron chi connectivity index (χ1n) is 5.27. The number of anilines is 1. The first-order chi connectivity index (χ1) is 8.08. The molecular formula is C11H15BrN2O3. The third-order valence-corrected chi connectivity index (χ3v) is 3.01. The molecule has 1 atom stereocenters. The summed E-state index contributed by atoms with van der Waals surface area (Å²) in [6, 6.07) is 5.08. The summed E-state index contributed by atoms with van der Waals surface area (Å²) in [6.45, 7) is 2.65. The Hall–Kier alpha value is -1.14. The van der Waals surface area contributed by atoms with E-state index in [-0.39, 0.29) is 11.7 Å². The second-order valence-electron chi connectivity index (χ2n) is 3.63. The highest BCUT2D eigenvalue weighted by Gasteiger charge is 2.13. The second kappa shape index (κ2) is 6.56. The molecular weight excluding hydrogens is 288 g/mol. The zero-order valence-corrected chi connectivity index (χ0v) is 11.4. The van der Waals surface area contributed by atoms with Crippen LogP contribution >= 0.6 is 15.9 Å². The highest BCUT2D eigenvalue weighted by molar-refractivity contribution is 9.10. The molecule has 0 saturated heterocycles. The number of benzene rings is 1. The van der Waals surface area contributed by atoms with E-state index >= 15 is 0 Å². The summed E-state index contributed by atoms with van der Waals surface area (Å²) in [5.41, 5.74) is 0.904. The Morgan fingerprint density at radius 1 is 1.59 bits per heavy atom. The molecule has 17 heavy (non-hydrogen) atoms. The molecule has 5 nitrogen and oxygen atoms in total. The maximum Gasteiger partial charge on any atom is 0.283 e. The molecule has 1 unspecified atom stereocenters. The van der Waals surface area contributed by atoms with Crippen molar-refractivity contribution in [1.82, 2.24) is 0 Å². The van der Waals surface area contributed by atoms with Crippen molar-refractivity contribution in [3.05, 3.63) is 32.8 Å². The highest BCUT2D eigenvalue weighted by Crippen LogP contribution is 2.28. The summed E-state index contributed by atoms with van der Waals surface area (Å²) in [6.07, 6.45) is 0.919. The lowest BCUT2D eigenvalue weighted by molar-refractivity contribution is -0.385. The van der Waals surface area contributed by atoms with Gasteiger partial charge in [-0.1, -0.05) is 6.92 Å². The van der Waals surface area contributed by atoms with Crippen molar-refractivity contribution < 1.29 is 9.66 Å². The number of hydrogen-bond donors (Lipinski definition) is 1. The number of hydrogen-bond acceptors (Lipinski definition) is 4. The first kappa shape index (κ1) is 13.9. The molecule has 1 aromatic carbocycles. The molecule has 0 saturated carbocycles. The van der Waals surface area contributed by atoms with Crippen LogP contribution in [0.2, 0.25) is 0 Å². The van der Waals surface area contributed by atoms with Crippen LogP contribution in [-0.2, 0) is 4.74 Å². The minimum atomic E-state index is -0.416. The molecule has 0 amide bonds. The Balaban J connectivity index is 2.79. The van der Waals surface area contributed by atoms with Crippen molar-refractivity contribution in [1.29, 1.82) is 0 Å². The van der Waals surface area contributed by atoms with Gasteiger partial charge in [0.15, 0.2) is 0 Å². The lowest BCUT2D eigenvalue weighted by Gasteiger charge is -2.17. The van der Waals surface area contributed by atoms with Gasteiger partial charge in [-0.25, -0.2) is 0 Å². The standard InChI is InChI=1S/C11H15BrN2O3/c1-3-8(7-17-2)13-9-4-5-11(14(15)16)10(12)6-9/h4-6,8,13H,3,7H2,1-2H3. The fraction of sp³-hybridized carbons (Fsp3) is 0.455. The van der Waals surface area contributed by atoms with Gasteiger partial charge in [-0.2, -0.15) is 0 Å². The van der Waals surface area contributed by atoms with Crippen molar-refractivity contribution in [2.75, 3.05) is 19.0 Å². The number of nitrogens with one attached hydrogen (secondary N) is 1. The van der Waals surface area contributed by atoms with E-state index in [9.17, 15) is 10.1 Å². The van der Waals surface area contributed by atoms with Gasteiger partial charge in [0.1, 0.15) is 0 Å². The number of ether oxygens (including phenoxy) is 1. The topological polar surface area (TPSA) is 64.4 Å². The normalized spacial score (nSPS) is 12.2. The van der Waals surface area contributed by atoms with E-state index in [1.807, 2.05) is 0 Å². The van der Waals surface area contributed by atoms with E-state index in [1.54, 1.807) is 19.2 Å². The predicted molar refractivity (Wildman–Crippen MR) is 70.4 cm³/mol. The molecule has 94 valence electrons. The molecule has 0 spiro atoms. The Morgan fingerprint density at radius 3 is 2.76 bits per heavy atom. The zero-order valence-electron chi connectivity index (χ0n) is 9.77. The third kappa shape index (κ3) is 3.98. The van der Waals surface area contributed by atoms with Gasteiger partial charge in [-0.3, -0.25) is 10.1 Å². The monoisotopic (exact) mass is 302 g/mol. The van der Waals surface area contributed by atoms with Crippen LogP contribution in [0.5, 0.6) is 0 Å². The maximum absolute atomic E-state index is 10.6. The lowest BCUT2D eigenvalue weighted by Crippen LogP contribution is -2.23. The van der Waals surface area contributed by atoms with Gasteiger partial charge in [0.2, 0.25) is 0 Å². The fourth-order valence-corrected chi connectivity index (χ4v) is 1.97. The van der Waals surface area contributed by atoms with E-state index in [2.05, 4.69) is 28.2 Å². The first-order valence-corrected chi connectivity index (χ1v) is 6.07. The number of methoxy groups -OCH3 is 1. The van der Waals surface area contributed by atoms with E-state index in [0.717, 1.165) is 12.1 Å². The number of rotatable bonds is 6. The average Bonchev–Trinajstić information content (AvgIpc) is 2.28. The van der Waals surface area contributed by atoms with Crippen LogP contribution in [0.1, 0.15) is 13.3 Å². The fourth-order valence-electron chi connectivity index (χ4n) is 1.44. The summed E-state index contributed by atoms with van der Waals surface area (Å²) in [5, 5.41) is 13.9. The average molecular weight is 303 g/mol. The molecule has 0 aromatic heterocycles. The molecule has 0 aliphatic rings. The molecule has 6 heteroatoms. The molecule has 1 N–H and O–H groups in total. The van der Waals surface area contributed by atoms with Crippen LogP contribution in [0.4, 0.5) is 11.4 Å². The Kier molecular flexibility index (Phi) is 5.37. The van der Waals surface area contributed by atoms with Crippen molar-refractivity contribution in [2.24, 2.45) is 0 Å². The SMILES string of the molecule is CCC(COC)Nc1ccc([N+](=O)[O-])c(Br)c1. The van der Waals surface area contributed by atoms with Crippen molar-refractivity contribution >= 4 is 27.3 Å². The molecule has 0 fully saturated rings. The van der Waals surface area contributed by atoms with Gasteiger partial charge in [-0.15, -0.1) is 0 Å². The minimum Gasteiger partial charge on any atom is -0.383 e. The summed E-state index contributed by atoms with van der Waals surface area (Å²) in [4.78, 5) is 10.2. The van der Waals surface area contributed by atoms with Crippen molar-refractivity contribution in [2.45, 2.75) is 19.4 Å². The Morgan fingerprint density at radius 2 is 2.29 bits per heavy atom. The smallest absolute Gasteiger partial charge is 0.283 e. The Labute approximate surface area is 108 Å². The molecule has 1 aromatic rings. The summed E-state index contributed by atoms with van der Waals surface area (Å²) < 4.78 is 5.55. The lowest BCUT2D eigenvalue weighted by atomic mass is 10.2. The van der Waals surface area contributed by atoms with Crippen LogP contribution in [0.15, 0.2) is 22.7 Å². The van der Waals surface area contributed by atoms with Crippen LogP contribution in [0.25, 0.3) is 0 Å². The maximum atomic E-state index is 10.6. The molecule has 1 rings (SSSR count). The number of nitro benzene ring substituents is 1. The quantitative estimate of drug-likeness (QED) is 0.647. The second-order valence-corrected chi connectivity index (χ2v) is 4.48. The van der Waals surface area contributed by atoms with E-state index in [1.165, 1.54) is 6.07 Å². The summed E-state index contributed by atoms with van der Waals surface area (Å²) in [7, 11) is 1.65. The Bertz CT molecular complexity index is 398. The molecule has 0 heterocycles. The van der Waals surface area contributed by atoms with Crippen LogP contribution in [0.3, 0.4) is 0 Å². The number of nitrogens with zero attached hydrogens (tertiary/aromatic N) is 1. The van der Waals surface area contributed by atoms with Crippen LogP contribution in [0, 0.1) is 10.1 Å².